The summed E-state index contributed by atoms with van der Waals surface area (Å²) in [6, 6.07) is 0. The zero-order valence-electron chi connectivity index (χ0n) is 11.9. The van der Waals surface area contributed by atoms with E-state index in [0.717, 1.165) is 29.0 Å². The number of nitrogens with zero attached hydrogens (tertiary/aromatic N) is 3. The highest BCUT2D eigenvalue weighted by atomic mass is 32.1. The Balaban J connectivity index is 1.67. The molecule has 108 valence electrons. The van der Waals surface area contributed by atoms with Crippen LogP contribution in [-0.2, 0) is 6.54 Å². The molecule has 0 saturated carbocycles. The van der Waals surface area contributed by atoms with Crippen molar-refractivity contribution in [2.45, 2.75) is 26.3 Å². The van der Waals surface area contributed by atoms with E-state index in [0.29, 0.717) is 0 Å². The van der Waals surface area contributed by atoms with Gasteiger partial charge in [0.05, 0.1) is 6.54 Å². The number of hydrogen-bond acceptors (Lipinski definition) is 6. The molecular weight excluding hydrogens is 288 g/mol. The molecule has 2 aromatic heterocycles. The first-order valence-electron chi connectivity index (χ1n) is 7.05. The molecule has 1 aliphatic rings. The first-order chi connectivity index (χ1) is 9.74. The molecule has 1 atom stereocenters. The number of nitrogens with one attached hydrogen (secondary N) is 1. The Hall–Kier alpha value is -0.980. The van der Waals surface area contributed by atoms with Crippen LogP contribution in [0.15, 0.2) is 10.8 Å². The molecule has 20 heavy (non-hydrogen) atoms. The predicted molar refractivity (Wildman–Crippen MR) is 86.4 cm³/mol. The van der Waals surface area contributed by atoms with Crippen molar-refractivity contribution in [1.29, 1.82) is 0 Å². The van der Waals surface area contributed by atoms with Crippen LogP contribution >= 0.6 is 22.7 Å². The van der Waals surface area contributed by atoms with Gasteiger partial charge in [0.15, 0.2) is 5.13 Å². The van der Waals surface area contributed by atoms with Gasteiger partial charge in [0, 0.05) is 24.4 Å². The van der Waals surface area contributed by atoms with E-state index in [-0.39, 0.29) is 0 Å². The third-order valence-corrected chi connectivity index (χ3v) is 5.33. The second-order valence-electron chi connectivity index (χ2n) is 5.40. The SMILES string of the molecule is CNc1nc(-c2csc(CN3CCCC(C)C3)n2)cs1. The van der Waals surface area contributed by atoms with Gasteiger partial charge in [0.1, 0.15) is 16.4 Å². The van der Waals surface area contributed by atoms with E-state index < -0.39 is 0 Å². The second kappa shape index (κ2) is 6.20. The number of thiazole rings is 2. The van der Waals surface area contributed by atoms with E-state index in [9.17, 15) is 0 Å². The average Bonchev–Trinajstić information content (AvgIpc) is 3.07. The maximum Gasteiger partial charge on any atom is 0.183 e. The summed E-state index contributed by atoms with van der Waals surface area (Å²) in [5.74, 6) is 0.819. The Morgan fingerprint density at radius 2 is 2.10 bits per heavy atom. The average molecular weight is 308 g/mol. The molecule has 0 aliphatic carbocycles. The molecule has 2 aromatic rings. The van der Waals surface area contributed by atoms with Crippen LogP contribution in [0.2, 0.25) is 0 Å². The molecule has 0 bridgehead atoms. The molecule has 0 aromatic carbocycles. The summed E-state index contributed by atoms with van der Waals surface area (Å²) in [5.41, 5.74) is 1.99. The minimum Gasteiger partial charge on any atom is -0.365 e. The standard InChI is InChI=1S/C14H20N4S2/c1-10-4-3-5-18(6-10)7-13-16-11(8-19-13)12-9-20-14(15-2)17-12/h8-10H,3-7H2,1-2H3,(H,15,17). The van der Waals surface area contributed by atoms with Crippen LogP contribution in [0.1, 0.15) is 24.8 Å². The zero-order chi connectivity index (χ0) is 13.9. The van der Waals surface area contributed by atoms with Gasteiger partial charge in [0.2, 0.25) is 0 Å². The summed E-state index contributed by atoms with van der Waals surface area (Å²) >= 11 is 3.37. The van der Waals surface area contributed by atoms with Crippen molar-refractivity contribution >= 4 is 27.8 Å². The number of piperidine rings is 1. The molecule has 3 heterocycles. The smallest absolute Gasteiger partial charge is 0.183 e. The van der Waals surface area contributed by atoms with Gasteiger partial charge in [-0.2, -0.15) is 0 Å². The maximum absolute atomic E-state index is 4.74. The fourth-order valence-electron chi connectivity index (χ4n) is 2.63. The summed E-state index contributed by atoms with van der Waals surface area (Å²) in [7, 11) is 1.90. The Morgan fingerprint density at radius 3 is 2.85 bits per heavy atom. The molecule has 4 nitrogen and oxygen atoms in total. The third kappa shape index (κ3) is 3.19. The molecule has 1 saturated heterocycles. The lowest BCUT2D eigenvalue weighted by Crippen LogP contribution is -2.33. The summed E-state index contributed by atoms with van der Waals surface area (Å²) in [5, 5.41) is 9.40. The largest absolute Gasteiger partial charge is 0.365 e. The Morgan fingerprint density at radius 1 is 1.30 bits per heavy atom. The van der Waals surface area contributed by atoms with Crippen molar-refractivity contribution in [1.82, 2.24) is 14.9 Å². The quantitative estimate of drug-likeness (QED) is 0.938. The lowest BCUT2D eigenvalue weighted by Gasteiger charge is -2.29. The van der Waals surface area contributed by atoms with Crippen molar-refractivity contribution < 1.29 is 0 Å². The van der Waals surface area contributed by atoms with Crippen LogP contribution in [0.3, 0.4) is 0 Å². The minimum absolute atomic E-state index is 0.819. The molecular formula is C14H20N4S2. The first kappa shape index (κ1) is 14.0. The van der Waals surface area contributed by atoms with Crippen LogP contribution in [0.4, 0.5) is 5.13 Å². The summed E-state index contributed by atoms with van der Waals surface area (Å²) in [6.45, 7) is 5.74. The van der Waals surface area contributed by atoms with E-state index in [1.165, 1.54) is 30.9 Å². The van der Waals surface area contributed by atoms with Gasteiger partial charge < -0.3 is 5.32 Å². The van der Waals surface area contributed by atoms with E-state index in [4.69, 9.17) is 4.98 Å². The highest BCUT2D eigenvalue weighted by Crippen LogP contribution is 2.27. The van der Waals surface area contributed by atoms with Crippen molar-refractivity contribution in [3.63, 3.8) is 0 Å². The van der Waals surface area contributed by atoms with Crippen molar-refractivity contribution in [3.05, 3.63) is 15.8 Å². The summed E-state index contributed by atoms with van der Waals surface area (Å²) in [4.78, 5) is 11.8. The lowest BCUT2D eigenvalue weighted by molar-refractivity contribution is 0.176. The van der Waals surface area contributed by atoms with Crippen LogP contribution in [0, 0.1) is 5.92 Å². The Labute approximate surface area is 127 Å². The molecule has 1 fully saturated rings. The van der Waals surface area contributed by atoms with Gasteiger partial charge in [-0.25, -0.2) is 9.97 Å². The number of aromatic nitrogens is 2. The van der Waals surface area contributed by atoms with E-state index >= 15 is 0 Å². The fourth-order valence-corrected chi connectivity index (χ4v) is 4.12. The van der Waals surface area contributed by atoms with Gasteiger partial charge in [0.25, 0.3) is 0 Å². The molecule has 1 N–H and O–H groups in total. The number of rotatable bonds is 4. The molecule has 3 rings (SSSR count). The van der Waals surface area contributed by atoms with E-state index in [1.54, 1.807) is 22.7 Å². The van der Waals surface area contributed by atoms with Gasteiger partial charge in [-0.1, -0.05) is 6.92 Å². The minimum atomic E-state index is 0.819. The van der Waals surface area contributed by atoms with Gasteiger partial charge in [-0.3, -0.25) is 4.90 Å². The van der Waals surface area contributed by atoms with Gasteiger partial charge in [-0.15, -0.1) is 22.7 Å². The molecule has 0 radical (unpaired) electrons. The van der Waals surface area contributed by atoms with Crippen LogP contribution < -0.4 is 5.32 Å². The maximum atomic E-state index is 4.74. The predicted octanol–water partition coefficient (Wildman–Crippen LogP) is 3.54. The summed E-state index contributed by atoms with van der Waals surface area (Å²) < 4.78 is 0. The lowest BCUT2D eigenvalue weighted by atomic mass is 10.0. The van der Waals surface area contributed by atoms with Gasteiger partial charge >= 0.3 is 0 Å². The molecule has 0 spiro atoms. The number of hydrogen-bond donors (Lipinski definition) is 1. The third-order valence-electron chi connectivity index (χ3n) is 3.63. The van der Waals surface area contributed by atoms with E-state index in [1.807, 2.05) is 7.05 Å². The normalized spacial score (nSPS) is 20.2. The highest BCUT2D eigenvalue weighted by molar-refractivity contribution is 7.14. The van der Waals surface area contributed by atoms with Crippen LogP contribution in [0.5, 0.6) is 0 Å². The highest BCUT2D eigenvalue weighted by Gasteiger charge is 2.18. The monoisotopic (exact) mass is 308 g/mol. The van der Waals surface area contributed by atoms with E-state index in [2.05, 4.69) is 32.9 Å². The molecule has 6 heteroatoms. The van der Waals surface area contributed by atoms with Crippen LogP contribution in [-0.4, -0.2) is 35.0 Å². The topological polar surface area (TPSA) is 41.1 Å². The Kier molecular flexibility index (Phi) is 4.33. The zero-order valence-corrected chi connectivity index (χ0v) is 13.6. The molecule has 1 unspecified atom stereocenters. The van der Waals surface area contributed by atoms with Crippen molar-refractivity contribution in [3.8, 4) is 11.4 Å². The molecule has 1 aliphatic heterocycles. The Bertz CT molecular complexity index is 563. The number of likely N-dealkylation sites (tertiary alicyclic amines) is 1. The van der Waals surface area contributed by atoms with Gasteiger partial charge in [-0.05, 0) is 25.3 Å². The summed E-state index contributed by atoms with van der Waals surface area (Å²) in [6.07, 6.45) is 2.68. The second-order valence-corrected chi connectivity index (χ2v) is 7.20. The fraction of sp³-hybridized carbons (Fsp3) is 0.571. The van der Waals surface area contributed by atoms with Crippen LogP contribution in [0.25, 0.3) is 11.4 Å². The van der Waals surface area contributed by atoms with Crippen molar-refractivity contribution in [2.24, 2.45) is 5.92 Å². The molecule has 0 amide bonds. The first-order valence-corrected chi connectivity index (χ1v) is 8.81. The number of anilines is 1. The van der Waals surface area contributed by atoms with Crippen molar-refractivity contribution in [2.75, 3.05) is 25.5 Å².